The second-order valence-electron chi connectivity index (χ2n) is 8.57. The van der Waals surface area contributed by atoms with Gasteiger partial charge in [-0.15, -0.1) is 0 Å². The van der Waals surface area contributed by atoms with Gasteiger partial charge in [0.15, 0.2) is 11.5 Å². The van der Waals surface area contributed by atoms with E-state index in [4.69, 9.17) is 9.72 Å². The van der Waals surface area contributed by atoms with E-state index in [1.54, 1.807) is 24.4 Å². The zero-order valence-electron chi connectivity index (χ0n) is 20.3. The first kappa shape index (κ1) is 22.4. The number of imidazole rings is 1. The highest BCUT2D eigenvalue weighted by Crippen LogP contribution is 2.37. The van der Waals surface area contributed by atoms with Crippen molar-refractivity contribution in [1.29, 1.82) is 0 Å². The van der Waals surface area contributed by atoms with E-state index in [2.05, 4.69) is 15.1 Å². The molecule has 0 aliphatic heterocycles. The van der Waals surface area contributed by atoms with Crippen LogP contribution in [0.3, 0.4) is 0 Å². The maximum absolute atomic E-state index is 14.2. The fraction of sp³-hybridized carbons (Fsp3) is 0.0690. The van der Waals surface area contributed by atoms with Crippen molar-refractivity contribution in [3.63, 3.8) is 0 Å². The van der Waals surface area contributed by atoms with Crippen molar-refractivity contribution in [2.45, 2.75) is 0 Å². The number of fused-ring (bicyclic) bond motifs is 1. The number of ether oxygens (including phenoxy) is 1. The van der Waals surface area contributed by atoms with Gasteiger partial charge in [0, 0.05) is 25.0 Å². The zero-order valence-corrected chi connectivity index (χ0v) is 20.3. The van der Waals surface area contributed by atoms with Crippen molar-refractivity contribution in [2.75, 3.05) is 19.1 Å². The largest absolute Gasteiger partial charge is 0.497 e. The van der Waals surface area contributed by atoms with Crippen LogP contribution in [0.1, 0.15) is 0 Å². The fourth-order valence-electron chi connectivity index (χ4n) is 4.55. The van der Waals surface area contributed by atoms with E-state index in [1.165, 1.54) is 4.52 Å². The van der Waals surface area contributed by atoms with Gasteiger partial charge >= 0.3 is 0 Å². The molecule has 0 aliphatic rings. The van der Waals surface area contributed by atoms with Gasteiger partial charge in [-0.3, -0.25) is 14.8 Å². The molecule has 0 aliphatic carbocycles. The fourth-order valence-corrected chi connectivity index (χ4v) is 4.55. The third-order valence-corrected chi connectivity index (χ3v) is 6.38. The molecule has 6 aromatic rings. The number of anilines is 2. The lowest BCUT2D eigenvalue weighted by Crippen LogP contribution is -2.24. The molecule has 3 aromatic carbocycles. The maximum atomic E-state index is 14.2. The lowest BCUT2D eigenvalue weighted by molar-refractivity contribution is 0.415. The second-order valence-corrected chi connectivity index (χ2v) is 8.57. The van der Waals surface area contributed by atoms with E-state index >= 15 is 0 Å². The Hall–Kier alpha value is -5.11. The predicted octanol–water partition coefficient (Wildman–Crippen LogP) is 5.52. The first-order valence-electron chi connectivity index (χ1n) is 11.8. The summed E-state index contributed by atoms with van der Waals surface area (Å²) >= 11 is 0. The third kappa shape index (κ3) is 3.84. The summed E-state index contributed by atoms with van der Waals surface area (Å²) in [6.45, 7) is 0. The normalized spacial score (nSPS) is 11.1. The number of H-pyrrole nitrogens is 2. The molecule has 0 unspecified atom stereocenters. The van der Waals surface area contributed by atoms with Crippen LogP contribution in [-0.4, -0.2) is 38.7 Å². The third-order valence-electron chi connectivity index (χ3n) is 6.38. The van der Waals surface area contributed by atoms with Crippen molar-refractivity contribution >= 4 is 17.4 Å². The van der Waals surface area contributed by atoms with Crippen LogP contribution in [0.5, 0.6) is 5.75 Å². The minimum atomic E-state index is -0.220. The van der Waals surface area contributed by atoms with Gasteiger partial charge < -0.3 is 9.72 Å². The zero-order chi connectivity index (χ0) is 25.4. The molecule has 0 amide bonds. The van der Waals surface area contributed by atoms with E-state index in [-0.39, 0.29) is 5.56 Å². The van der Waals surface area contributed by atoms with Crippen LogP contribution in [0, 0.1) is 0 Å². The van der Waals surface area contributed by atoms with Gasteiger partial charge in [-0.1, -0.05) is 72.8 Å². The van der Waals surface area contributed by atoms with Gasteiger partial charge in [0.25, 0.3) is 5.56 Å². The number of hydrogen-bond acceptors (Lipinski definition) is 5. The molecule has 0 saturated carbocycles. The Labute approximate surface area is 212 Å². The molecule has 0 saturated heterocycles. The minimum absolute atomic E-state index is 0.220. The lowest BCUT2D eigenvalue weighted by Gasteiger charge is -2.19. The summed E-state index contributed by atoms with van der Waals surface area (Å²) < 4.78 is 6.86. The van der Waals surface area contributed by atoms with Crippen LogP contribution in [0.4, 0.5) is 11.8 Å². The molecule has 0 bridgehead atoms. The van der Waals surface area contributed by atoms with Crippen LogP contribution < -0.4 is 15.2 Å². The quantitative estimate of drug-likeness (QED) is 0.322. The van der Waals surface area contributed by atoms with Gasteiger partial charge in [0.1, 0.15) is 5.75 Å². The molecule has 0 fully saturated rings. The molecule has 8 nitrogen and oxygen atoms in total. The number of benzene rings is 3. The summed E-state index contributed by atoms with van der Waals surface area (Å²) in [5, 5.41) is 3.36. The van der Waals surface area contributed by atoms with E-state index < -0.39 is 0 Å². The summed E-state index contributed by atoms with van der Waals surface area (Å²) in [5.41, 5.74) is 5.05. The number of nitrogens with one attached hydrogen (secondary N) is 2. The van der Waals surface area contributed by atoms with Gasteiger partial charge in [0.2, 0.25) is 5.95 Å². The molecule has 6 rings (SSSR count). The van der Waals surface area contributed by atoms with Crippen molar-refractivity contribution in [3.05, 3.63) is 108 Å². The number of aromatic nitrogens is 5. The van der Waals surface area contributed by atoms with Crippen LogP contribution >= 0.6 is 0 Å². The smallest absolute Gasteiger partial charge is 0.282 e. The number of methoxy groups -OCH3 is 1. The average Bonchev–Trinajstić information content (AvgIpc) is 3.63. The summed E-state index contributed by atoms with van der Waals surface area (Å²) in [5.74, 6) is 1.77. The van der Waals surface area contributed by atoms with Gasteiger partial charge in [-0.05, 0) is 23.3 Å². The first-order chi connectivity index (χ1) is 18.2. The van der Waals surface area contributed by atoms with Crippen molar-refractivity contribution in [1.82, 2.24) is 24.6 Å². The molecule has 2 N–H and O–H groups in total. The number of aromatic amines is 2. The minimum Gasteiger partial charge on any atom is -0.497 e. The monoisotopic (exact) mass is 488 g/mol. The van der Waals surface area contributed by atoms with Crippen molar-refractivity contribution in [3.8, 4) is 39.3 Å². The van der Waals surface area contributed by atoms with E-state index in [9.17, 15) is 4.79 Å². The van der Waals surface area contributed by atoms with E-state index in [0.717, 1.165) is 27.9 Å². The number of rotatable bonds is 6. The molecule has 0 spiro atoms. The molecule has 0 radical (unpaired) electrons. The molecule has 37 heavy (non-hydrogen) atoms. The molecule has 8 heteroatoms. The Morgan fingerprint density at radius 3 is 2.11 bits per heavy atom. The molecular formula is C29H24N6O2. The van der Waals surface area contributed by atoms with Gasteiger partial charge in [-0.2, -0.15) is 4.52 Å². The maximum Gasteiger partial charge on any atom is 0.282 e. The summed E-state index contributed by atoms with van der Waals surface area (Å²) in [4.78, 5) is 28.6. The average molecular weight is 489 g/mol. The Bertz CT molecular complexity index is 1720. The lowest BCUT2D eigenvalue weighted by atomic mass is 10.0. The molecule has 0 atom stereocenters. The van der Waals surface area contributed by atoms with Crippen molar-refractivity contribution < 1.29 is 4.74 Å². The highest BCUT2D eigenvalue weighted by atomic mass is 16.5. The molecular weight excluding hydrogens is 464 g/mol. The summed E-state index contributed by atoms with van der Waals surface area (Å²) in [6, 6.07) is 27.3. The molecule has 3 heterocycles. The molecule has 182 valence electrons. The van der Waals surface area contributed by atoms with Crippen molar-refractivity contribution in [2.24, 2.45) is 0 Å². The van der Waals surface area contributed by atoms with Crippen LogP contribution in [0.25, 0.3) is 39.2 Å². The standard InChI is InChI=1S/C29H24N6O2/c1-34(29-30-17-18-31-29)26-24(20-13-15-22(37-2)16-14-20)28(36)35-27(32-26)23(19-9-5-3-6-10-19)25(33-35)21-11-7-4-8-12-21/h3-18,33H,1-2H3,(H,30,31). The molecule has 3 aromatic heterocycles. The van der Waals surface area contributed by atoms with Crippen LogP contribution in [0.15, 0.2) is 102 Å². The Kier molecular flexibility index (Phi) is 5.54. The second kappa shape index (κ2) is 9.16. The number of nitrogens with zero attached hydrogens (tertiary/aromatic N) is 4. The highest BCUT2D eigenvalue weighted by Gasteiger charge is 2.25. The topological polar surface area (TPSA) is 91.3 Å². The Balaban J connectivity index is 1.71. The number of hydrogen-bond donors (Lipinski definition) is 2. The highest BCUT2D eigenvalue weighted by molar-refractivity contribution is 5.92. The van der Waals surface area contributed by atoms with E-state index in [0.29, 0.717) is 28.7 Å². The Morgan fingerprint density at radius 1 is 0.838 bits per heavy atom. The summed E-state index contributed by atoms with van der Waals surface area (Å²) in [6.07, 6.45) is 3.41. The van der Waals surface area contributed by atoms with Crippen LogP contribution in [0.2, 0.25) is 0 Å². The predicted molar refractivity (Wildman–Crippen MR) is 145 cm³/mol. The van der Waals surface area contributed by atoms with Gasteiger partial charge in [0.05, 0.1) is 23.9 Å². The Morgan fingerprint density at radius 2 is 1.49 bits per heavy atom. The van der Waals surface area contributed by atoms with E-state index in [1.807, 2.05) is 92.0 Å². The van der Waals surface area contributed by atoms with Gasteiger partial charge in [-0.25, -0.2) is 9.97 Å². The van der Waals surface area contributed by atoms with Crippen LogP contribution in [-0.2, 0) is 0 Å². The summed E-state index contributed by atoms with van der Waals surface area (Å²) in [7, 11) is 3.46. The SMILES string of the molecule is COc1ccc(-c2c(N(C)c3ncc[nH]3)nc3c(-c4ccccc4)c(-c4ccccc4)[nH]n3c2=O)cc1. The first-order valence-corrected chi connectivity index (χ1v) is 11.8.